The third-order valence-electron chi connectivity index (χ3n) is 1.93. The molecule has 86 valence electrons. The first-order valence-electron chi connectivity index (χ1n) is 4.56. The number of thiocarbonyl (C=S) groups is 1. The quantitative estimate of drug-likeness (QED) is 0.450. The number of nitrogens with zero attached hydrogens (tertiary/aromatic N) is 2. The summed E-state index contributed by atoms with van der Waals surface area (Å²) in [4.78, 5) is 11.7. The van der Waals surface area contributed by atoms with Gasteiger partial charge in [-0.05, 0) is 30.8 Å². The second kappa shape index (κ2) is 4.89. The molecule has 0 N–H and O–H groups in total. The van der Waals surface area contributed by atoms with E-state index in [1.165, 1.54) is 12.1 Å². The number of aryl methyl sites for hydroxylation is 1. The van der Waals surface area contributed by atoms with E-state index in [1.54, 1.807) is 32.0 Å². The van der Waals surface area contributed by atoms with Gasteiger partial charge in [-0.15, -0.1) is 0 Å². The third-order valence-corrected chi connectivity index (χ3v) is 2.38. The smallest absolute Gasteiger partial charge is 0.269 e. The molecule has 0 fully saturated rings. The minimum Gasteiger partial charge on any atom is -0.432 e. The predicted molar refractivity (Wildman–Crippen MR) is 64.7 cm³/mol. The Labute approximate surface area is 98.8 Å². The van der Waals surface area contributed by atoms with Crippen molar-refractivity contribution in [3.63, 3.8) is 0 Å². The lowest BCUT2D eigenvalue weighted by Gasteiger charge is -2.15. The van der Waals surface area contributed by atoms with Gasteiger partial charge in [0.05, 0.1) is 4.92 Å². The van der Waals surface area contributed by atoms with E-state index in [2.05, 4.69) is 0 Å². The number of nitro benzene ring substituents is 1. The zero-order valence-electron chi connectivity index (χ0n) is 9.26. The summed E-state index contributed by atoms with van der Waals surface area (Å²) < 4.78 is 5.38. The fourth-order valence-corrected chi connectivity index (χ4v) is 1.14. The van der Waals surface area contributed by atoms with Crippen LogP contribution in [0.5, 0.6) is 5.75 Å². The summed E-state index contributed by atoms with van der Waals surface area (Å²) in [5.41, 5.74) is 0.721. The Kier molecular flexibility index (Phi) is 3.78. The Morgan fingerprint density at radius 1 is 1.50 bits per heavy atom. The molecule has 0 saturated carbocycles. The monoisotopic (exact) mass is 240 g/mol. The Bertz CT molecular complexity index is 432. The highest BCUT2D eigenvalue weighted by molar-refractivity contribution is 7.80. The van der Waals surface area contributed by atoms with Gasteiger partial charge in [0, 0.05) is 26.2 Å². The highest BCUT2D eigenvalue weighted by Crippen LogP contribution is 2.23. The Morgan fingerprint density at radius 3 is 2.56 bits per heavy atom. The first kappa shape index (κ1) is 12.4. The first-order chi connectivity index (χ1) is 7.41. The van der Waals surface area contributed by atoms with Crippen molar-refractivity contribution in [2.45, 2.75) is 6.92 Å². The number of benzene rings is 1. The normalized spacial score (nSPS) is 9.69. The Morgan fingerprint density at radius 2 is 2.12 bits per heavy atom. The van der Waals surface area contributed by atoms with Crippen molar-refractivity contribution in [2.24, 2.45) is 0 Å². The van der Waals surface area contributed by atoms with Crippen molar-refractivity contribution >= 4 is 23.1 Å². The number of nitro groups is 1. The molecule has 0 unspecified atom stereocenters. The highest BCUT2D eigenvalue weighted by Gasteiger charge is 2.10. The lowest BCUT2D eigenvalue weighted by atomic mass is 10.2. The van der Waals surface area contributed by atoms with Crippen LogP contribution in [0.15, 0.2) is 18.2 Å². The summed E-state index contributed by atoms with van der Waals surface area (Å²) >= 11 is 4.97. The maximum absolute atomic E-state index is 10.5. The third kappa shape index (κ3) is 2.90. The van der Waals surface area contributed by atoms with Crippen LogP contribution in [-0.2, 0) is 0 Å². The maximum atomic E-state index is 10.5. The molecule has 0 aliphatic heterocycles. The minimum absolute atomic E-state index is 0.0422. The van der Waals surface area contributed by atoms with Crippen LogP contribution in [0.25, 0.3) is 0 Å². The molecule has 1 aromatic rings. The van der Waals surface area contributed by atoms with E-state index in [9.17, 15) is 10.1 Å². The van der Waals surface area contributed by atoms with Gasteiger partial charge >= 0.3 is 0 Å². The van der Waals surface area contributed by atoms with Crippen LogP contribution in [-0.4, -0.2) is 29.1 Å². The highest BCUT2D eigenvalue weighted by atomic mass is 32.1. The summed E-state index contributed by atoms with van der Waals surface area (Å²) in [6.45, 7) is 1.74. The molecule has 1 rings (SSSR count). The molecule has 0 atom stereocenters. The SMILES string of the molecule is Cc1cc([N+](=O)[O-])ccc1OC(=S)N(C)C. The van der Waals surface area contributed by atoms with Gasteiger partial charge in [-0.3, -0.25) is 10.1 Å². The molecule has 0 aromatic heterocycles. The average molecular weight is 240 g/mol. The second-order valence-electron chi connectivity index (χ2n) is 3.47. The number of non-ortho nitro benzene ring substituents is 1. The van der Waals surface area contributed by atoms with Crippen LogP contribution in [0.2, 0.25) is 0 Å². The summed E-state index contributed by atoms with van der Waals surface area (Å²) in [5, 5.41) is 10.8. The van der Waals surface area contributed by atoms with Crippen LogP contribution < -0.4 is 4.74 Å². The molecular weight excluding hydrogens is 228 g/mol. The number of ether oxygens (including phenoxy) is 1. The minimum atomic E-state index is -0.443. The van der Waals surface area contributed by atoms with Crippen molar-refractivity contribution in [1.82, 2.24) is 4.90 Å². The summed E-state index contributed by atoms with van der Waals surface area (Å²) in [5.74, 6) is 0.532. The molecule has 0 spiro atoms. The fourth-order valence-electron chi connectivity index (χ4n) is 1.05. The Hall–Kier alpha value is -1.69. The standard InChI is InChI=1S/C10H12N2O3S/c1-7-6-8(12(13)14)4-5-9(7)15-10(16)11(2)3/h4-6H,1-3H3. The van der Waals surface area contributed by atoms with Crippen LogP contribution in [0.4, 0.5) is 5.69 Å². The largest absolute Gasteiger partial charge is 0.432 e. The number of hydrogen-bond donors (Lipinski definition) is 0. The molecule has 0 saturated heterocycles. The van der Waals surface area contributed by atoms with E-state index in [1.807, 2.05) is 0 Å². The van der Waals surface area contributed by atoms with Gasteiger partial charge in [0.25, 0.3) is 10.9 Å². The predicted octanol–water partition coefficient (Wildman–Crippen LogP) is 2.13. The Balaban J connectivity index is 2.91. The van der Waals surface area contributed by atoms with Gasteiger partial charge in [-0.2, -0.15) is 0 Å². The van der Waals surface area contributed by atoms with Crippen molar-refractivity contribution in [2.75, 3.05) is 14.1 Å². The molecule has 0 bridgehead atoms. The topological polar surface area (TPSA) is 55.6 Å². The molecule has 16 heavy (non-hydrogen) atoms. The van der Waals surface area contributed by atoms with E-state index >= 15 is 0 Å². The fraction of sp³-hybridized carbons (Fsp3) is 0.300. The van der Waals surface area contributed by atoms with Gasteiger partial charge < -0.3 is 9.64 Å². The van der Waals surface area contributed by atoms with Gasteiger partial charge in [0.2, 0.25) is 0 Å². The van der Waals surface area contributed by atoms with Gasteiger partial charge in [-0.25, -0.2) is 0 Å². The zero-order valence-corrected chi connectivity index (χ0v) is 10.1. The van der Waals surface area contributed by atoms with Crippen LogP contribution in [0.3, 0.4) is 0 Å². The molecule has 0 amide bonds. The van der Waals surface area contributed by atoms with Crippen molar-refractivity contribution in [1.29, 1.82) is 0 Å². The molecule has 0 aliphatic carbocycles. The lowest BCUT2D eigenvalue weighted by molar-refractivity contribution is -0.384. The molecular formula is C10H12N2O3S. The van der Waals surface area contributed by atoms with Crippen LogP contribution >= 0.6 is 12.2 Å². The molecule has 0 radical (unpaired) electrons. The average Bonchev–Trinajstić information content (AvgIpc) is 2.20. The molecule has 6 heteroatoms. The first-order valence-corrected chi connectivity index (χ1v) is 4.97. The van der Waals surface area contributed by atoms with E-state index in [4.69, 9.17) is 17.0 Å². The summed E-state index contributed by atoms with van der Waals surface area (Å²) in [6, 6.07) is 4.39. The number of hydrogen-bond acceptors (Lipinski definition) is 4. The second-order valence-corrected chi connectivity index (χ2v) is 3.82. The van der Waals surface area contributed by atoms with Crippen molar-refractivity contribution < 1.29 is 9.66 Å². The molecule has 0 aliphatic rings. The summed E-state index contributed by atoms with van der Waals surface area (Å²) in [7, 11) is 3.53. The van der Waals surface area contributed by atoms with E-state index < -0.39 is 4.92 Å². The maximum Gasteiger partial charge on any atom is 0.269 e. The number of rotatable bonds is 2. The van der Waals surface area contributed by atoms with E-state index in [0.717, 1.165) is 0 Å². The van der Waals surface area contributed by atoms with Crippen LogP contribution in [0, 0.1) is 17.0 Å². The molecule has 5 nitrogen and oxygen atoms in total. The van der Waals surface area contributed by atoms with Crippen LogP contribution in [0.1, 0.15) is 5.56 Å². The van der Waals surface area contributed by atoms with E-state index in [-0.39, 0.29) is 5.69 Å². The van der Waals surface area contributed by atoms with Crippen molar-refractivity contribution in [3.8, 4) is 5.75 Å². The van der Waals surface area contributed by atoms with Gasteiger partial charge in [0.15, 0.2) is 0 Å². The van der Waals surface area contributed by atoms with Crippen molar-refractivity contribution in [3.05, 3.63) is 33.9 Å². The van der Waals surface area contributed by atoms with Gasteiger partial charge in [0.1, 0.15) is 5.75 Å². The lowest BCUT2D eigenvalue weighted by Crippen LogP contribution is -2.25. The van der Waals surface area contributed by atoms with E-state index in [0.29, 0.717) is 16.5 Å². The van der Waals surface area contributed by atoms with Gasteiger partial charge in [-0.1, -0.05) is 0 Å². The molecule has 0 heterocycles. The molecule has 1 aromatic carbocycles. The zero-order chi connectivity index (χ0) is 12.3. The summed E-state index contributed by atoms with van der Waals surface area (Å²) in [6.07, 6.45) is 0.